The molecule has 2 aliphatic rings. The molecule has 2 aromatic heterocycles. The Morgan fingerprint density at radius 2 is 0.936 bits per heavy atom. The van der Waals surface area contributed by atoms with E-state index in [4.69, 9.17) is 0 Å². The lowest BCUT2D eigenvalue weighted by Crippen LogP contribution is -2.66. The van der Waals surface area contributed by atoms with Gasteiger partial charge >= 0.3 is 0 Å². The molecule has 47 heavy (non-hydrogen) atoms. The topological polar surface area (TPSA) is 34.8 Å². The van der Waals surface area contributed by atoms with Crippen molar-refractivity contribution in [3.05, 3.63) is 126 Å². The Kier molecular flexibility index (Phi) is 5.78. The van der Waals surface area contributed by atoms with Gasteiger partial charge in [0.25, 0.3) is 13.4 Å². The maximum Gasteiger partial charge on any atom is 0.257 e. The first-order chi connectivity index (χ1) is 22.6. The Balaban J connectivity index is 1.51. The fraction of sp³-hybridized carbons (Fsp3) is 0.105. The Morgan fingerprint density at radius 3 is 1.34 bits per heavy atom. The van der Waals surface area contributed by atoms with Crippen molar-refractivity contribution in [2.45, 2.75) is 26.2 Å². The molecule has 0 saturated heterocycles. The molecule has 228 valence electrons. The van der Waals surface area contributed by atoms with E-state index in [0.29, 0.717) is 28.2 Å². The van der Waals surface area contributed by atoms with Crippen LogP contribution in [0.25, 0.3) is 21.8 Å². The maximum atomic E-state index is 16.0. The van der Waals surface area contributed by atoms with Crippen LogP contribution < -0.4 is 37.7 Å². The van der Waals surface area contributed by atoms with Gasteiger partial charge < -0.3 is 9.97 Å². The van der Waals surface area contributed by atoms with Gasteiger partial charge in [-0.3, -0.25) is 4.90 Å². The highest BCUT2D eigenvalue weighted by molar-refractivity contribution is 7.03. The predicted molar refractivity (Wildman–Crippen MR) is 186 cm³/mol. The summed E-state index contributed by atoms with van der Waals surface area (Å²) >= 11 is 0. The van der Waals surface area contributed by atoms with Gasteiger partial charge in [-0.1, -0.05) is 81.4 Å². The quantitative estimate of drug-likeness (QED) is 0.190. The summed E-state index contributed by atoms with van der Waals surface area (Å²) in [5.74, 6) is -1.34. The van der Waals surface area contributed by atoms with E-state index in [9.17, 15) is 0 Å². The number of hydrogen-bond donors (Lipinski definition) is 2. The number of halogens is 4. The Labute approximate surface area is 269 Å². The number of nitrogens with one attached hydrogen (secondary N) is 2. The van der Waals surface area contributed by atoms with Gasteiger partial charge in [-0.05, 0) is 80.0 Å². The molecule has 5 aromatic carbocycles. The zero-order valence-corrected chi connectivity index (χ0v) is 25.9. The number of fused-ring (bicyclic) bond motifs is 8. The van der Waals surface area contributed by atoms with E-state index in [-0.39, 0.29) is 10.9 Å². The SMILES string of the molecule is CC(C)(C)c1cc2c3c(c1)B(c1c(F)cccc1F)c1c([nH]c4ccccc14)N3c1[nH]c3ccccc3c1B2c1c(F)cccc1F. The summed E-state index contributed by atoms with van der Waals surface area (Å²) in [7, 11) is 0. The van der Waals surface area contributed by atoms with Gasteiger partial charge in [-0.25, -0.2) is 17.6 Å². The van der Waals surface area contributed by atoms with Crippen molar-refractivity contribution in [1.82, 2.24) is 9.97 Å². The molecule has 0 atom stereocenters. The summed E-state index contributed by atoms with van der Waals surface area (Å²) in [6.45, 7) is 4.49. The van der Waals surface area contributed by atoms with E-state index in [1.165, 1.54) is 36.4 Å². The molecular weight excluding hydrogens is 596 g/mol. The number of benzene rings is 5. The minimum absolute atomic E-state index is 0.0671. The first-order valence-corrected chi connectivity index (χ1v) is 15.7. The van der Waals surface area contributed by atoms with E-state index < -0.39 is 42.1 Å². The summed E-state index contributed by atoms with van der Waals surface area (Å²) < 4.78 is 64.1. The first-order valence-electron chi connectivity index (χ1n) is 15.7. The van der Waals surface area contributed by atoms with Gasteiger partial charge in [0, 0.05) is 27.6 Å². The van der Waals surface area contributed by atoms with Gasteiger partial charge in [-0.2, -0.15) is 0 Å². The van der Waals surface area contributed by atoms with Crippen LogP contribution in [0.4, 0.5) is 34.9 Å². The predicted octanol–water partition coefficient (Wildman–Crippen LogP) is 5.63. The molecule has 0 saturated carbocycles. The van der Waals surface area contributed by atoms with Crippen LogP contribution in [0.1, 0.15) is 26.3 Å². The molecule has 0 spiro atoms. The monoisotopic (exact) mass is 623 g/mol. The molecule has 2 N–H and O–H groups in total. The third-order valence-electron chi connectivity index (χ3n) is 9.93. The number of aromatic amines is 2. The molecule has 0 bridgehead atoms. The van der Waals surface area contributed by atoms with E-state index in [2.05, 4.69) is 35.6 Å². The first kappa shape index (κ1) is 28.1. The van der Waals surface area contributed by atoms with Crippen LogP contribution in [-0.4, -0.2) is 23.4 Å². The zero-order chi connectivity index (χ0) is 32.4. The van der Waals surface area contributed by atoms with E-state index in [1.807, 2.05) is 60.7 Å². The lowest BCUT2D eigenvalue weighted by molar-refractivity contribution is 0.591. The van der Waals surface area contributed by atoms with Crippen LogP contribution >= 0.6 is 0 Å². The van der Waals surface area contributed by atoms with Crippen molar-refractivity contribution < 1.29 is 17.6 Å². The van der Waals surface area contributed by atoms with Gasteiger partial charge in [0.15, 0.2) is 0 Å². The Hall–Kier alpha value is -5.17. The lowest BCUT2D eigenvalue weighted by Gasteiger charge is -2.42. The highest BCUT2D eigenvalue weighted by Crippen LogP contribution is 2.41. The molecule has 7 aromatic rings. The van der Waals surface area contributed by atoms with Crippen LogP contribution in [-0.2, 0) is 5.41 Å². The fourth-order valence-electron chi connectivity index (χ4n) is 7.87. The average molecular weight is 623 g/mol. The second-order valence-electron chi connectivity index (χ2n) is 13.6. The third kappa shape index (κ3) is 3.83. The van der Waals surface area contributed by atoms with E-state index >= 15 is 17.6 Å². The molecule has 9 heteroatoms. The molecular formula is C38H27B2F4N3. The summed E-state index contributed by atoms with van der Waals surface area (Å²) in [5.41, 5.74) is 5.41. The molecule has 0 radical (unpaired) electrons. The van der Waals surface area contributed by atoms with Crippen molar-refractivity contribution in [1.29, 1.82) is 0 Å². The summed E-state index contributed by atoms with van der Waals surface area (Å²) in [4.78, 5) is 9.22. The number of hydrogen-bond acceptors (Lipinski definition) is 1. The third-order valence-corrected chi connectivity index (χ3v) is 9.93. The number of aromatic nitrogens is 2. The molecule has 0 amide bonds. The molecule has 9 rings (SSSR count). The van der Waals surface area contributed by atoms with Crippen LogP contribution in [0, 0.1) is 23.3 Å². The second kappa shape index (κ2) is 9.67. The minimum Gasteiger partial charge on any atom is -0.341 e. The largest absolute Gasteiger partial charge is 0.341 e. The average Bonchev–Trinajstić information content (AvgIpc) is 3.61. The van der Waals surface area contributed by atoms with Crippen molar-refractivity contribution in [3.63, 3.8) is 0 Å². The van der Waals surface area contributed by atoms with Crippen LogP contribution in [0.3, 0.4) is 0 Å². The van der Waals surface area contributed by atoms with Crippen LogP contribution in [0.15, 0.2) is 97.1 Å². The number of H-pyrrole nitrogens is 2. The van der Waals surface area contributed by atoms with Gasteiger partial charge in [0.1, 0.15) is 34.9 Å². The highest BCUT2D eigenvalue weighted by Gasteiger charge is 2.49. The molecule has 3 nitrogen and oxygen atoms in total. The Bertz CT molecular complexity index is 2240. The molecule has 0 aliphatic carbocycles. The van der Waals surface area contributed by atoms with Crippen LogP contribution in [0.2, 0.25) is 0 Å². The Morgan fingerprint density at radius 1 is 0.532 bits per heavy atom. The van der Waals surface area contributed by atoms with Crippen molar-refractivity contribution >= 4 is 85.3 Å². The summed E-state index contributed by atoms with van der Waals surface area (Å²) in [6, 6.07) is 27.4. The molecule has 0 fully saturated rings. The number of rotatable bonds is 2. The number of para-hydroxylation sites is 2. The van der Waals surface area contributed by atoms with Crippen molar-refractivity contribution in [3.8, 4) is 0 Å². The summed E-state index contributed by atoms with van der Waals surface area (Å²) in [6.07, 6.45) is 0. The van der Waals surface area contributed by atoms with Crippen molar-refractivity contribution in [2.75, 3.05) is 4.90 Å². The highest BCUT2D eigenvalue weighted by atomic mass is 19.1. The van der Waals surface area contributed by atoms with Crippen LogP contribution in [0.5, 0.6) is 0 Å². The van der Waals surface area contributed by atoms with Gasteiger partial charge in [0.2, 0.25) is 0 Å². The number of anilines is 3. The lowest BCUT2D eigenvalue weighted by atomic mass is 9.30. The minimum atomic E-state index is -0.855. The smallest absolute Gasteiger partial charge is 0.257 e. The maximum absolute atomic E-state index is 16.0. The van der Waals surface area contributed by atoms with Gasteiger partial charge in [0.05, 0.1) is 0 Å². The fourth-order valence-corrected chi connectivity index (χ4v) is 7.87. The second-order valence-corrected chi connectivity index (χ2v) is 13.6. The van der Waals surface area contributed by atoms with Gasteiger partial charge in [-0.15, -0.1) is 0 Å². The molecule has 0 unspecified atom stereocenters. The summed E-state index contributed by atoms with van der Waals surface area (Å²) in [5, 5.41) is 1.67. The molecule has 4 heterocycles. The normalized spacial score (nSPS) is 13.7. The van der Waals surface area contributed by atoms with E-state index in [1.54, 1.807) is 0 Å². The zero-order valence-electron chi connectivity index (χ0n) is 25.9. The van der Waals surface area contributed by atoms with Crippen molar-refractivity contribution in [2.24, 2.45) is 0 Å². The number of nitrogens with zero attached hydrogens (tertiary/aromatic N) is 1. The molecule has 2 aliphatic heterocycles. The standard InChI is InChI=1S/C38H27B2F4N3/c1-38(2,3)20-18-23-35-24(19-20)40(34-27(43)14-9-15-28(34)44)32-22-11-5-7-17-30(22)46-37(32)47(35)36-31(21-10-4-6-16-29(21)45-36)39(23)33-25(41)12-8-13-26(33)42/h4-19,45-46H,1-3H3. The van der Waals surface area contributed by atoms with E-state index in [0.717, 1.165) is 38.3 Å².